The molecule has 0 saturated heterocycles. The standard InChI is InChI=1S/C4H13NO6P2/c1-10-13(9,11-2)4(5)3-12(6,7)8/h4H,3,5H2,1-2H3,(H2,6,7,8). The summed E-state index contributed by atoms with van der Waals surface area (Å²) in [6.45, 7) is 0. The van der Waals surface area contributed by atoms with Gasteiger partial charge in [-0.3, -0.25) is 9.13 Å². The predicted molar refractivity (Wildman–Crippen MR) is 46.5 cm³/mol. The summed E-state index contributed by atoms with van der Waals surface area (Å²) in [4.78, 5) is 17.1. The predicted octanol–water partition coefficient (Wildman–Crippen LogP) is -0.0652. The summed E-state index contributed by atoms with van der Waals surface area (Å²) in [6.07, 6.45) is -0.730. The Bertz CT molecular complexity index is 241. The van der Waals surface area contributed by atoms with Crippen molar-refractivity contribution in [1.29, 1.82) is 0 Å². The fourth-order valence-electron chi connectivity index (χ4n) is 0.689. The molecule has 0 aromatic carbocycles. The second kappa shape index (κ2) is 4.66. The number of nitrogens with two attached hydrogens (primary N) is 1. The molecule has 7 nitrogen and oxygen atoms in total. The minimum atomic E-state index is -4.30. The van der Waals surface area contributed by atoms with Gasteiger partial charge in [0.2, 0.25) is 0 Å². The lowest BCUT2D eigenvalue weighted by Gasteiger charge is -2.20. The van der Waals surface area contributed by atoms with E-state index in [2.05, 4.69) is 9.05 Å². The molecule has 0 aromatic rings. The molecular weight excluding hydrogens is 220 g/mol. The summed E-state index contributed by atoms with van der Waals surface area (Å²) >= 11 is 0. The fraction of sp³-hybridized carbons (Fsp3) is 1.00. The van der Waals surface area contributed by atoms with E-state index >= 15 is 0 Å². The highest BCUT2D eigenvalue weighted by Gasteiger charge is 2.35. The van der Waals surface area contributed by atoms with Crippen molar-refractivity contribution in [3.05, 3.63) is 0 Å². The second-order valence-electron chi connectivity index (χ2n) is 2.32. The zero-order chi connectivity index (χ0) is 10.7. The van der Waals surface area contributed by atoms with Gasteiger partial charge in [-0.05, 0) is 0 Å². The fourth-order valence-corrected chi connectivity index (χ4v) is 3.31. The summed E-state index contributed by atoms with van der Waals surface area (Å²) in [5.74, 6) is -1.32. The molecular formula is C4H13NO6P2. The van der Waals surface area contributed by atoms with Gasteiger partial charge < -0.3 is 24.6 Å². The molecule has 0 aliphatic rings. The van der Waals surface area contributed by atoms with E-state index in [0.29, 0.717) is 0 Å². The highest BCUT2D eigenvalue weighted by atomic mass is 31.2. The minimum absolute atomic E-state index is 0.730. The quantitative estimate of drug-likeness (QED) is 0.568. The Hall–Kier alpha value is 0.260. The van der Waals surface area contributed by atoms with E-state index in [-0.39, 0.29) is 0 Å². The lowest BCUT2D eigenvalue weighted by atomic mass is 10.8. The molecule has 0 radical (unpaired) electrons. The van der Waals surface area contributed by atoms with Gasteiger partial charge in [-0.2, -0.15) is 0 Å². The van der Waals surface area contributed by atoms with Crippen LogP contribution in [0.5, 0.6) is 0 Å². The molecule has 0 aliphatic heterocycles. The van der Waals surface area contributed by atoms with Crippen molar-refractivity contribution in [2.24, 2.45) is 5.73 Å². The smallest absolute Gasteiger partial charge is 0.324 e. The highest BCUT2D eigenvalue weighted by Crippen LogP contribution is 2.53. The van der Waals surface area contributed by atoms with Crippen molar-refractivity contribution in [2.45, 2.75) is 5.78 Å². The Kier molecular flexibility index (Phi) is 4.76. The average molecular weight is 233 g/mol. The van der Waals surface area contributed by atoms with E-state index in [1.807, 2.05) is 0 Å². The molecule has 0 heterocycles. The SMILES string of the molecule is COP(=O)(OC)C(N)CP(=O)(O)O. The van der Waals surface area contributed by atoms with Crippen LogP contribution in [0.1, 0.15) is 0 Å². The van der Waals surface area contributed by atoms with Crippen molar-refractivity contribution in [3.63, 3.8) is 0 Å². The van der Waals surface area contributed by atoms with Crippen molar-refractivity contribution < 1.29 is 28.0 Å². The third-order valence-electron chi connectivity index (χ3n) is 1.34. The summed E-state index contributed by atoms with van der Waals surface area (Å²) in [6, 6.07) is 0. The summed E-state index contributed by atoms with van der Waals surface area (Å²) in [5.41, 5.74) is 5.25. The van der Waals surface area contributed by atoms with Crippen LogP contribution in [0.25, 0.3) is 0 Å². The molecule has 4 N–H and O–H groups in total. The van der Waals surface area contributed by atoms with Crippen LogP contribution in [0.4, 0.5) is 0 Å². The van der Waals surface area contributed by atoms with Crippen molar-refractivity contribution in [1.82, 2.24) is 0 Å². The molecule has 80 valence electrons. The molecule has 0 amide bonds. The van der Waals surface area contributed by atoms with Gasteiger partial charge in [0.05, 0.1) is 6.16 Å². The number of rotatable bonds is 5. The van der Waals surface area contributed by atoms with Crippen LogP contribution in [0.15, 0.2) is 0 Å². The molecule has 0 rings (SSSR count). The molecule has 0 spiro atoms. The maximum absolute atomic E-state index is 11.4. The molecule has 1 atom stereocenters. The molecule has 9 heteroatoms. The van der Waals surface area contributed by atoms with E-state index in [9.17, 15) is 9.13 Å². The van der Waals surface area contributed by atoms with Gasteiger partial charge in [0.25, 0.3) is 0 Å². The zero-order valence-electron chi connectivity index (χ0n) is 7.28. The zero-order valence-corrected chi connectivity index (χ0v) is 9.07. The van der Waals surface area contributed by atoms with Gasteiger partial charge in [-0.15, -0.1) is 0 Å². The molecule has 0 saturated carbocycles. The third kappa shape index (κ3) is 4.33. The Morgan fingerprint density at radius 3 is 1.92 bits per heavy atom. The first-order chi connectivity index (χ1) is 5.75. The second-order valence-corrected chi connectivity index (χ2v) is 6.49. The van der Waals surface area contributed by atoms with E-state index in [1.54, 1.807) is 0 Å². The lowest BCUT2D eigenvalue weighted by Crippen LogP contribution is -2.26. The first-order valence-electron chi connectivity index (χ1n) is 3.26. The summed E-state index contributed by atoms with van der Waals surface area (Å²) < 4.78 is 30.8. The average Bonchev–Trinajstić information content (AvgIpc) is 2.00. The number of hydrogen-bond donors (Lipinski definition) is 3. The molecule has 0 fully saturated rings. The van der Waals surface area contributed by atoms with Crippen LogP contribution in [0, 0.1) is 0 Å². The van der Waals surface area contributed by atoms with E-state index < -0.39 is 27.1 Å². The van der Waals surface area contributed by atoms with Gasteiger partial charge in [0, 0.05) is 14.2 Å². The molecule has 1 unspecified atom stereocenters. The van der Waals surface area contributed by atoms with Crippen molar-refractivity contribution in [2.75, 3.05) is 20.4 Å². The van der Waals surface area contributed by atoms with Crippen LogP contribution in [-0.2, 0) is 18.2 Å². The Morgan fingerprint density at radius 2 is 1.69 bits per heavy atom. The van der Waals surface area contributed by atoms with Gasteiger partial charge in [-0.1, -0.05) is 0 Å². The van der Waals surface area contributed by atoms with Crippen molar-refractivity contribution in [3.8, 4) is 0 Å². The lowest BCUT2D eigenvalue weighted by molar-refractivity contribution is 0.266. The molecule has 0 aliphatic carbocycles. The van der Waals surface area contributed by atoms with Crippen LogP contribution in [0.2, 0.25) is 0 Å². The first kappa shape index (κ1) is 13.3. The van der Waals surface area contributed by atoms with Gasteiger partial charge in [0.15, 0.2) is 0 Å². The van der Waals surface area contributed by atoms with Gasteiger partial charge in [-0.25, -0.2) is 0 Å². The summed E-state index contributed by atoms with van der Waals surface area (Å²) in [5, 5.41) is 0. The van der Waals surface area contributed by atoms with E-state index in [1.165, 1.54) is 0 Å². The third-order valence-corrected chi connectivity index (χ3v) is 4.51. The number of hydrogen-bond acceptors (Lipinski definition) is 5. The molecule has 0 bridgehead atoms. The largest absolute Gasteiger partial charge is 0.347 e. The monoisotopic (exact) mass is 233 g/mol. The Labute approximate surface area is 75.9 Å². The molecule has 13 heavy (non-hydrogen) atoms. The normalized spacial score (nSPS) is 15.8. The van der Waals surface area contributed by atoms with Crippen LogP contribution in [-0.4, -0.2) is 36.0 Å². The first-order valence-corrected chi connectivity index (χ1v) is 6.67. The maximum atomic E-state index is 11.4. The summed E-state index contributed by atoms with van der Waals surface area (Å²) in [7, 11) is -5.68. The van der Waals surface area contributed by atoms with E-state index in [0.717, 1.165) is 14.2 Å². The van der Waals surface area contributed by atoms with Crippen LogP contribution < -0.4 is 5.73 Å². The molecule has 0 aromatic heterocycles. The Morgan fingerprint density at radius 1 is 1.31 bits per heavy atom. The highest BCUT2D eigenvalue weighted by molar-refractivity contribution is 7.57. The van der Waals surface area contributed by atoms with Crippen LogP contribution in [0.3, 0.4) is 0 Å². The Balaban J connectivity index is 4.50. The van der Waals surface area contributed by atoms with E-state index in [4.69, 9.17) is 15.5 Å². The van der Waals surface area contributed by atoms with Gasteiger partial charge in [0.1, 0.15) is 5.78 Å². The van der Waals surface area contributed by atoms with Crippen LogP contribution >= 0.6 is 15.2 Å². The maximum Gasteiger partial charge on any atom is 0.347 e. The minimum Gasteiger partial charge on any atom is -0.324 e. The van der Waals surface area contributed by atoms with Crippen molar-refractivity contribution >= 4 is 15.2 Å². The van der Waals surface area contributed by atoms with Gasteiger partial charge >= 0.3 is 15.2 Å². The topological polar surface area (TPSA) is 119 Å².